The topological polar surface area (TPSA) is 59.1 Å². The standard InChI is InChI=1S/C26H21ClN2O2S/c1-16-11-13-18(14-12-16)24(30)19-7-3-4-8-20(19)25(31)28-15-23-17(2)29-26(32-23)21-9-5-6-10-22(21)27/h3-14H,15H2,1-2H3,(H,28,31). The van der Waals surface area contributed by atoms with Gasteiger partial charge in [-0.3, -0.25) is 9.59 Å². The SMILES string of the molecule is Cc1ccc(C(=O)c2ccccc2C(=O)NCc2sc(-c3ccccc3Cl)nc2C)cc1. The number of thiazole rings is 1. The van der Waals surface area contributed by atoms with E-state index in [2.05, 4.69) is 10.3 Å². The number of aryl methyl sites for hydroxylation is 2. The van der Waals surface area contributed by atoms with Gasteiger partial charge in [0.2, 0.25) is 0 Å². The Hall–Kier alpha value is -3.28. The van der Waals surface area contributed by atoms with E-state index in [1.165, 1.54) is 11.3 Å². The number of hydrogen-bond donors (Lipinski definition) is 1. The lowest BCUT2D eigenvalue weighted by Crippen LogP contribution is -2.25. The van der Waals surface area contributed by atoms with Gasteiger partial charge in [0.05, 0.1) is 22.8 Å². The molecular weight excluding hydrogens is 440 g/mol. The van der Waals surface area contributed by atoms with Crippen molar-refractivity contribution < 1.29 is 9.59 Å². The van der Waals surface area contributed by atoms with Crippen molar-refractivity contribution in [3.8, 4) is 10.6 Å². The van der Waals surface area contributed by atoms with E-state index >= 15 is 0 Å². The molecule has 4 rings (SSSR count). The number of rotatable bonds is 6. The van der Waals surface area contributed by atoms with Crippen molar-refractivity contribution in [1.82, 2.24) is 10.3 Å². The lowest BCUT2D eigenvalue weighted by atomic mass is 9.97. The molecule has 0 saturated carbocycles. The fourth-order valence-corrected chi connectivity index (χ4v) is 4.66. The van der Waals surface area contributed by atoms with Gasteiger partial charge in [-0.25, -0.2) is 4.98 Å². The van der Waals surface area contributed by atoms with Gasteiger partial charge in [-0.15, -0.1) is 11.3 Å². The van der Waals surface area contributed by atoms with Crippen LogP contribution in [0.25, 0.3) is 10.6 Å². The summed E-state index contributed by atoms with van der Waals surface area (Å²) in [5.41, 5.74) is 4.07. The van der Waals surface area contributed by atoms with Crippen molar-refractivity contribution >= 4 is 34.6 Å². The molecule has 0 spiro atoms. The monoisotopic (exact) mass is 460 g/mol. The summed E-state index contributed by atoms with van der Waals surface area (Å²) in [6.07, 6.45) is 0. The van der Waals surface area contributed by atoms with Crippen LogP contribution in [0.2, 0.25) is 5.02 Å². The molecule has 6 heteroatoms. The highest BCUT2D eigenvalue weighted by atomic mass is 35.5. The highest BCUT2D eigenvalue weighted by molar-refractivity contribution is 7.15. The summed E-state index contributed by atoms with van der Waals surface area (Å²) in [6, 6.07) is 21.8. The molecule has 32 heavy (non-hydrogen) atoms. The van der Waals surface area contributed by atoms with Crippen LogP contribution in [-0.2, 0) is 6.54 Å². The maximum Gasteiger partial charge on any atom is 0.252 e. The predicted molar refractivity (Wildman–Crippen MR) is 130 cm³/mol. The number of amides is 1. The second-order valence-corrected chi connectivity index (χ2v) is 8.92. The second kappa shape index (κ2) is 9.47. The van der Waals surface area contributed by atoms with Gasteiger partial charge in [-0.2, -0.15) is 0 Å². The van der Waals surface area contributed by atoms with Crippen molar-refractivity contribution in [1.29, 1.82) is 0 Å². The first-order valence-electron chi connectivity index (χ1n) is 10.1. The van der Waals surface area contributed by atoms with Crippen molar-refractivity contribution in [2.24, 2.45) is 0 Å². The molecule has 3 aromatic carbocycles. The lowest BCUT2D eigenvalue weighted by molar-refractivity contribution is 0.0940. The maximum absolute atomic E-state index is 13.0. The predicted octanol–water partition coefficient (Wildman–Crippen LogP) is 6.24. The number of nitrogens with zero attached hydrogens (tertiary/aromatic N) is 1. The van der Waals surface area contributed by atoms with E-state index in [-0.39, 0.29) is 11.7 Å². The summed E-state index contributed by atoms with van der Waals surface area (Å²) in [7, 11) is 0. The number of halogens is 1. The summed E-state index contributed by atoms with van der Waals surface area (Å²) in [5, 5.41) is 4.39. The molecule has 0 saturated heterocycles. The Morgan fingerprint density at radius 2 is 1.56 bits per heavy atom. The first-order valence-corrected chi connectivity index (χ1v) is 11.3. The number of aromatic nitrogens is 1. The van der Waals surface area contributed by atoms with E-state index in [1.807, 2.05) is 50.2 Å². The average Bonchev–Trinajstić information content (AvgIpc) is 3.18. The zero-order chi connectivity index (χ0) is 22.7. The summed E-state index contributed by atoms with van der Waals surface area (Å²) < 4.78 is 0. The summed E-state index contributed by atoms with van der Waals surface area (Å²) in [6.45, 7) is 4.20. The molecule has 0 aliphatic rings. The van der Waals surface area contributed by atoms with Crippen LogP contribution in [0.5, 0.6) is 0 Å². The molecule has 4 aromatic rings. The number of benzene rings is 3. The first-order chi connectivity index (χ1) is 15.4. The van der Waals surface area contributed by atoms with Crippen LogP contribution in [0, 0.1) is 13.8 Å². The van der Waals surface area contributed by atoms with Gasteiger partial charge in [-0.1, -0.05) is 77.8 Å². The Bertz CT molecular complexity index is 1300. The van der Waals surface area contributed by atoms with Crippen LogP contribution in [0.3, 0.4) is 0 Å². The van der Waals surface area contributed by atoms with E-state index in [4.69, 9.17) is 11.6 Å². The van der Waals surface area contributed by atoms with Gasteiger partial charge in [0.1, 0.15) is 5.01 Å². The van der Waals surface area contributed by atoms with Gasteiger partial charge in [-0.05, 0) is 26.0 Å². The highest BCUT2D eigenvalue weighted by Gasteiger charge is 2.19. The molecule has 1 amide bonds. The molecule has 1 aromatic heterocycles. The summed E-state index contributed by atoms with van der Waals surface area (Å²) in [4.78, 5) is 31.5. The molecule has 0 aliphatic heterocycles. The smallest absolute Gasteiger partial charge is 0.252 e. The molecule has 0 fully saturated rings. The molecule has 0 radical (unpaired) electrons. The Balaban J connectivity index is 1.53. The van der Waals surface area contributed by atoms with Crippen LogP contribution < -0.4 is 5.32 Å². The molecule has 160 valence electrons. The first kappa shape index (κ1) is 21.9. The summed E-state index contributed by atoms with van der Waals surface area (Å²) >= 11 is 7.79. The Labute approximate surface area is 195 Å². The van der Waals surface area contributed by atoms with Crippen molar-refractivity contribution in [2.45, 2.75) is 20.4 Å². The normalized spacial score (nSPS) is 10.7. The molecule has 0 unspecified atom stereocenters. The largest absolute Gasteiger partial charge is 0.347 e. The van der Waals surface area contributed by atoms with Crippen LogP contribution in [0.1, 0.15) is 42.4 Å². The molecule has 1 heterocycles. The summed E-state index contributed by atoms with van der Waals surface area (Å²) in [5.74, 6) is -0.473. The molecule has 0 aliphatic carbocycles. The Kier molecular flexibility index (Phi) is 6.49. The minimum Gasteiger partial charge on any atom is -0.347 e. The lowest BCUT2D eigenvalue weighted by Gasteiger charge is -2.09. The fourth-order valence-electron chi connectivity index (χ4n) is 3.34. The van der Waals surface area contributed by atoms with E-state index in [9.17, 15) is 9.59 Å². The van der Waals surface area contributed by atoms with Crippen LogP contribution >= 0.6 is 22.9 Å². The third-order valence-corrected chi connectivity index (χ3v) is 6.66. The quantitative estimate of drug-likeness (QED) is 0.346. The Morgan fingerprint density at radius 1 is 0.906 bits per heavy atom. The van der Waals surface area contributed by atoms with Crippen molar-refractivity contribution in [3.05, 3.63) is 111 Å². The van der Waals surface area contributed by atoms with Crippen LogP contribution in [0.15, 0.2) is 72.8 Å². The minimum absolute atomic E-state index is 0.175. The number of carbonyl (C=O) groups is 2. The highest BCUT2D eigenvalue weighted by Crippen LogP contribution is 2.32. The van der Waals surface area contributed by atoms with E-state index < -0.39 is 0 Å². The minimum atomic E-state index is -0.298. The Morgan fingerprint density at radius 3 is 2.28 bits per heavy atom. The fraction of sp³-hybridized carbons (Fsp3) is 0.115. The number of nitrogens with one attached hydrogen (secondary N) is 1. The van der Waals surface area contributed by atoms with E-state index in [0.717, 1.165) is 26.7 Å². The van der Waals surface area contributed by atoms with Crippen molar-refractivity contribution in [2.75, 3.05) is 0 Å². The van der Waals surface area contributed by atoms with E-state index in [1.54, 1.807) is 36.4 Å². The second-order valence-electron chi connectivity index (χ2n) is 7.43. The molecule has 4 nitrogen and oxygen atoms in total. The number of hydrogen-bond acceptors (Lipinski definition) is 4. The zero-order valence-electron chi connectivity index (χ0n) is 17.7. The van der Waals surface area contributed by atoms with Gasteiger partial charge in [0, 0.05) is 21.6 Å². The molecular formula is C26H21ClN2O2S. The maximum atomic E-state index is 13.0. The number of carbonyl (C=O) groups excluding carboxylic acids is 2. The number of ketones is 1. The zero-order valence-corrected chi connectivity index (χ0v) is 19.3. The van der Waals surface area contributed by atoms with Gasteiger partial charge < -0.3 is 5.32 Å². The van der Waals surface area contributed by atoms with Crippen molar-refractivity contribution in [3.63, 3.8) is 0 Å². The van der Waals surface area contributed by atoms with Gasteiger partial charge >= 0.3 is 0 Å². The average molecular weight is 461 g/mol. The third kappa shape index (κ3) is 4.64. The van der Waals surface area contributed by atoms with E-state index in [0.29, 0.717) is 28.3 Å². The van der Waals surface area contributed by atoms with Crippen LogP contribution in [0.4, 0.5) is 0 Å². The van der Waals surface area contributed by atoms with Gasteiger partial charge in [0.25, 0.3) is 5.91 Å². The molecule has 0 bridgehead atoms. The van der Waals surface area contributed by atoms with Gasteiger partial charge in [0.15, 0.2) is 5.78 Å². The third-order valence-electron chi connectivity index (χ3n) is 5.14. The van der Waals surface area contributed by atoms with Crippen LogP contribution in [-0.4, -0.2) is 16.7 Å². The molecule has 1 N–H and O–H groups in total. The molecule has 0 atom stereocenters.